The van der Waals surface area contributed by atoms with Gasteiger partial charge < -0.3 is 24.8 Å². The normalized spacial score (nSPS) is 26.7. The van der Waals surface area contributed by atoms with Gasteiger partial charge in [-0.25, -0.2) is 0 Å². The van der Waals surface area contributed by atoms with Crippen molar-refractivity contribution in [1.82, 2.24) is 0 Å². The van der Waals surface area contributed by atoms with Crippen LogP contribution in [0, 0.1) is 37.9 Å². The first-order chi connectivity index (χ1) is 22.7. The Hall–Kier alpha value is -2.96. The van der Waals surface area contributed by atoms with Crippen molar-refractivity contribution in [1.29, 1.82) is 0 Å². The van der Waals surface area contributed by atoms with Crippen LogP contribution in [0.5, 0.6) is 5.75 Å². The molecule has 2 atom stereocenters. The van der Waals surface area contributed by atoms with E-state index < -0.39 is 60.7 Å². The number of aliphatic hydroxyl groups excluding tert-OH is 2. The Kier molecular flexibility index (Phi) is 11.0. The molecule has 0 heterocycles. The lowest BCUT2D eigenvalue weighted by atomic mass is 9.50. The highest BCUT2D eigenvalue weighted by Crippen LogP contribution is 2.60. The Morgan fingerprint density at radius 1 is 0.647 bits per heavy atom. The lowest BCUT2D eigenvalue weighted by molar-refractivity contribution is -0.185. The minimum absolute atomic E-state index is 0.0298. The lowest BCUT2D eigenvalue weighted by Gasteiger charge is -2.55. The van der Waals surface area contributed by atoms with Crippen LogP contribution in [-0.2, 0) is 36.3 Å². The van der Waals surface area contributed by atoms with E-state index in [1.165, 1.54) is 0 Å². The molecule has 0 aliphatic heterocycles. The molecular formula is C44H70O7. The number of carbonyl (C=O) groups excluding carboxylic acids is 2. The predicted octanol–water partition coefficient (Wildman–Crippen LogP) is 10.8. The van der Waals surface area contributed by atoms with E-state index in [1.54, 1.807) is 0 Å². The summed E-state index contributed by atoms with van der Waals surface area (Å²) in [4.78, 5) is 29.6. The number of phenols is 1. The molecule has 0 saturated heterocycles. The minimum atomic E-state index is -1.68. The summed E-state index contributed by atoms with van der Waals surface area (Å²) in [6.45, 7) is 34.8. The van der Waals surface area contributed by atoms with Crippen molar-refractivity contribution in [3.63, 3.8) is 0 Å². The van der Waals surface area contributed by atoms with Crippen LogP contribution >= 0.6 is 0 Å². The molecule has 2 aliphatic rings. The van der Waals surface area contributed by atoms with Crippen molar-refractivity contribution >= 4 is 11.9 Å². The van der Waals surface area contributed by atoms with Gasteiger partial charge >= 0.3 is 11.9 Å². The molecule has 0 amide bonds. The van der Waals surface area contributed by atoms with E-state index in [2.05, 4.69) is 41.5 Å². The predicted molar refractivity (Wildman–Crippen MR) is 206 cm³/mol. The van der Waals surface area contributed by atoms with Crippen LogP contribution in [0.4, 0.5) is 0 Å². The van der Waals surface area contributed by atoms with E-state index in [4.69, 9.17) is 9.47 Å². The number of aromatic hydroxyl groups is 1. The van der Waals surface area contributed by atoms with Crippen LogP contribution in [0.25, 0.3) is 0 Å². The van der Waals surface area contributed by atoms with Crippen LogP contribution in [0.2, 0.25) is 0 Å². The molecule has 51 heavy (non-hydrogen) atoms. The Morgan fingerprint density at radius 3 is 1.25 bits per heavy atom. The van der Waals surface area contributed by atoms with Gasteiger partial charge in [-0.3, -0.25) is 9.59 Å². The topological polar surface area (TPSA) is 113 Å². The molecule has 0 bridgehead atoms. The fourth-order valence-electron chi connectivity index (χ4n) is 8.68. The largest absolute Gasteiger partial charge is 0.513 e. The standard InChI is InChI=1S/C44H70O7/c1-18-44(21-28-19-31(36(2,3)4)33(47)32(20-28)37(5,6)7,34(48)50-26-42(16)38(8,9)22-29(45)23-39(42,10)11)35(49)51-27-43(17)40(12,13)24-30(46)25-41(43,14)15/h19-20,22,24,45-47H,18,21,23,25-27H2,1-17H3. The maximum Gasteiger partial charge on any atom is 0.323 e. The fraction of sp³-hybridized carbons (Fsp3) is 0.727. The number of hydrogen-bond acceptors (Lipinski definition) is 7. The van der Waals surface area contributed by atoms with Crippen molar-refractivity contribution in [2.45, 2.75) is 154 Å². The second-order valence-electron chi connectivity index (χ2n) is 20.8. The zero-order valence-corrected chi connectivity index (χ0v) is 35.0. The van der Waals surface area contributed by atoms with E-state index in [9.17, 15) is 24.9 Å². The van der Waals surface area contributed by atoms with E-state index >= 15 is 0 Å². The van der Waals surface area contributed by atoms with E-state index in [-0.39, 0.29) is 31.8 Å². The minimum Gasteiger partial charge on any atom is -0.513 e. The van der Waals surface area contributed by atoms with Gasteiger partial charge in [0.1, 0.15) is 5.75 Å². The molecule has 0 spiro atoms. The van der Waals surface area contributed by atoms with Crippen molar-refractivity contribution in [3.8, 4) is 5.75 Å². The van der Waals surface area contributed by atoms with Gasteiger partial charge in [0, 0.05) is 23.7 Å². The number of benzene rings is 1. The number of aliphatic hydroxyl groups is 2. The van der Waals surface area contributed by atoms with Crippen molar-refractivity contribution < 1.29 is 34.4 Å². The van der Waals surface area contributed by atoms with Crippen LogP contribution in [0.1, 0.15) is 154 Å². The Labute approximate surface area is 309 Å². The average molecular weight is 711 g/mol. The van der Waals surface area contributed by atoms with Crippen LogP contribution in [-0.4, -0.2) is 40.5 Å². The third-order valence-corrected chi connectivity index (χ3v) is 13.8. The van der Waals surface area contributed by atoms with Gasteiger partial charge in [0.05, 0.1) is 24.7 Å². The van der Waals surface area contributed by atoms with Gasteiger partial charge in [0.25, 0.3) is 0 Å². The molecule has 1 aromatic carbocycles. The summed E-state index contributed by atoms with van der Waals surface area (Å²) in [6.07, 6.45) is 4.76. The molecule has 7 heteroatoms. The molecule has 0 aromatic heterocycles. The summed E-state index contributed by atoms with van der Waals surface area (Å²) in [5, 5.41) is 32.7. The summed E-state index contributed by atoms with van der Waals surface area (Å²) >= 11 is 0. The third kappa shape index (κ3) is 7.47. The summed E-state index contributed by atoms with van der Waals surface area (Å²) in [5.41, 5.74) is -3.28. The first-order valence-corrected chi connectivity index (χ1v) is 18.8. The molecule has 0 fully saturated rings. The SMILES string of the molecule is CCC(Cc1cc(C(C)(C)C)c(O)c(C(C)(C)C)c1)(C(=O)OCC1(C)C(C)(C)C=C(O)CC1(C)C)C(=O)OCC1(C)C(C)(C)C=C(O)CC1(C)C. The fourth-order valence-corrected chi connectivity index (χ4v) is 8.68. The van der Waals surface area contributed by atoms with E-state index in [0.29, 0.717) is 24.4 Å². The summed E-state index contributed by atoms with van der Waals surface area (Å²) < 4.78 is 12.7. The zero-order chi connectivity index (χ0) is 39.6. The van der Waals surface area contributed by atoms with Crippen molar-refractivity contribution in [2.24, 2.45) is 37.9 Å². The molecule has 1 aromatic rings. The number of carbonyl (C=O) groups is 2. The summed E-state index contributed by atoms with van der Waals surface area (Å²) in [7, 11) is 0. The van der Waals surface area contributed by atoms with Crippen molar-refractivity contribution in [2.75, 3.05) is 13.2 Å². The molecule has 3 N–H and O–H groups in total. The van der Waals surface area contributed by atoms with Gasteiger partial charge in [-0.2, -0.15) is 0 Å². The molecule has 0 radical (unpaired) electrons. The van der Waals surface area contributed by atoms with Gasteiger partial charge in [-0.1, -0.05) is 130 Å². The molecular weight excluding hydrogens is 640 g/mol. The first kappa shape index (κ1) is 42.5. The highest BCUT2D eigenvalue weighted by Gasteiger charge is 2.58. The highest BCUT2D eigenvalue weighted by atomic mass is 16.6. The molecule has 2 aliphatic carbocycles. The monoisotopic (exact) mass is 711 g/mol. The number of allylic oxidation sites excluding steroid dienone is 4. The summed E-state index contributed by atoms with van der Waals surface area (Å²) in [6, 6.07) is 3.83. The number of esters is 2. The number of phenolic OH excluding ortho intramolecular Hbond substituents is 1. The molecule has 0 saturated carbocycles. The van der Waals surface area contributed by atoms with Crippen LogP contribution < -0.4 is 0 Å². The Balaban J connectivity index is 2.18. The number of rotatable bonds is 9. The van der Waals surface area contributed by atoms with Gasteiger partial charge in [0.2, 0.25) is 0 Å². The molecule has 7 nitrogen and oxygen atoms in total. The zero-order valence-electron chi connectivity index (χ0n) is 35.0. The molecule has 3 rings (SSSR count). The summed E-state index contributed by atoms with van der Waals surface area (Å²) in [5.74, 6) is -0.421. The smallest absolute Gasteiger partial charge is 0.323 e. The number of hydrogen-bond donors (Lipinski definition) is 3. The lowest BCUT2D eigenvalue weighted by Crippen LogP contribution is -2.54. The highest BCUT2D eigenvalue weighted by molar-refractivity contribution is 6.00. The maximum atomic E-state index is 14.8. The molecule has 2 unspecified atom stereocenters. The second-order valence-corrected chi connectivity index (χ2v) is 20.8. The first-order valence-electron chi connectivity index (χ1n) is 18.8. The molecule has 288 valence electrons. The van der Waals surface area contributed by atoms with Gasteiger partial charge in [-0.15, -0.1) is 0 Å². The second kappa shape index (κ2) is 13.2. The van der Waals surface area contributed by atoms with Gasteiger partial charge in [0.15, 0.2) is 5.41 Å². The quantitative estimate of drug-likeness (QED) is 0.173. The van der Waals surface area contributed by atoms with Crippen molar-refractivity contribution in [3.05, 3.63) is 52.5 Å². The van der Waals surface area contributed by atoms with Crippen LogP contribution in [0.3, 0.4) is 0 Å². The van der Waals surface area contributed by atoms with Gasteiger partial charge in [-0.05, 0) is 74.2 Å². The number of ether oxygens (including phenoxy) is 2. The third-order valence-electron chi connectivity index (χ3n) is 13.8. The average Bonchev–Trinajstić information content (AvgIpc) is 2.93. The van der Waals surface area contributed by atoms with E-state index in [1.807, 2.05) is 100 Å². The maximum absolute atomic E-state index is 14.8. The Morgan fingerprint density at radius 2 is 0.980 bits per heavy atom. The Bertz CT molecular complexity index is 1470. The van der Waals surface area contributed by atoms with E-state index in [0.717, 1.165) is 16.7 Å². The van der Waals surface area contributed by atoms with Crippen LogP contribution in [0.15, 0.2) is 35.8 Å².